The number of para-hydroxylation sites is 1. The Morgan fingerprint density at radius 2 is 2.09 bits per heavy atom. The number of ether oxygens (including phenoxy) is 1. The van der Waals surface area contributed by atoms with E-state index in [1.54, 1.807) is 18.7 Å². The number of carbonyl (C=O) groups is 1. The third kappa shape index (κ3) is 3.02. The molecule has 0 amide bonds. The topological polar surface area (TPSA) is 63.7 Å². The van der Waals surface area contributed by atoms with Crippen molar-refractivity contribution in [3.8, 4) is 0 Å². The first-order chi connectivity index (χ1) is 10.3. The molecular weight excluding hydrogens is 302 g/mol. The lowest BCUT2D eigenvalue weighted by molar-refractivity contribution is -0.140. The fraction of sp³-hybridized carbons (Fsp3) is 0.438. The largest absolute Gasteiger partial charge is 0.442 e. The lowest BCUT2D eigenvalue weighted by Crippen LogP contribution is -2.57. The van der Waals surface area contributed by atoms with Gasteiger partial charge in [-0.2, -0.15) is 0 Å². The lowest BCUT2D eigenvalue weighted by atomic mass is 9.99. The summed E-state index contributed by atoms with van der Waals surface area (Å²) in [5.41, 5.74) is 0.783. The Kier molecular flexibility index (Phi) is 4.60. The minimum atomic E-state index is -3.41. The molecule has 1 atom stereocenters. The molecule has 0 saturated carbocycles. The highest BCUT2D eigenvalue weighted by atomic mass is 32.2. The van der Waals surface area contributed by atoms with E-state index in [2.05, 4.69) is 6.58 Å². The summed E-state index contributed by atoms with van der Waals surface area (Å²) in [4.78, 5) is 12.5. The maximum absolute atomic E-state index is 12.6. The second-order valence-corrected chi connectivity index (χ2v) is 7.97. The van der Waals surface area contributed by atoms with Crippen molar-refractivity contribution in [2.24, 2.45) is 0 Å². The van der Waals surface area contributed by atoms with E-state index in [9.17, 15) is 13.2 Å². The first-order valence-corrected chi connectivity index (χ1v) is 8.86. The van der Waals surface area contributed by atoms with Crippen LogP contribution in [0.3, 0.4) is 0 Å². The molecule has 1 heterocycles. The van der Waals surface area contributed by atoms with Crippen LogP contribution < -0.4 is 4.90 Å². The Morgan fingerprint density at radius 1 is 1.41 bits per heavy atom. The van der Waals surface area contributed by atoms with E-state index >= 15 is 0 Å². The third-order valence-corrected chi connectivity index (χ3v) is 5.86. The van der Waals surface area contributed by atoms with E-state index in [0.717, 1.165) is 11.3 Å². The van der Waals surface area contributed by atoms with Crippen LogP contribution >= 0.6 is 0 Å². The van der Waals surface area contributed by atoms with Crippen molar-refractivity contribution in [2.45, 2.75) is 37.8 Å². The van der Waals surface area contributed by atoms with Gasteiger partial charge in [-0.25, -0.2) is 8.42 Å². The molecule has 5 nitrogen and oxygen atoms in total. The molecule has 1 aromatic carbocycles. The van der Waals surface area contributed by atoms with Crippen molar-refractivity contribution in [3.05, 3.63) is 42.5 Å². The number of anilines is 1. The number of hydrogen-bond acceptors (Lipinski definition) is 5. The summed E-state index contributed by atoms with van der Waals surface area (Å²) in [6, 6.07) is 7.60. The van der Waals surface area contributed by atoms with Gasteiger partial charge in [0.05, 0.1) is 5.75 Å². The Bertz CT molecular complexity index is 666. The molecule has 0 aromatic heterocycles. The molecule has 22 heavy (non-hydrogen) atoms. The molecule has 1 unspecified atom stereocenters. The average Bonchev–Trinajstić information content (AvgIpc) is 2.45. The maximum Gasteiger partial charge on any atom is 0.295 e. The normalized spacial score (nSPS) is 18.5. The zero-order valence-corrected chi connectivity index (χ0v) is 13.7. The Hall–Kier alpha value is -1.82. The summed E-state index contributed by atoms with van der Waals surface area (Å²) in [6.07, 6.45) is 2.52. The number of aryl methyl sites for hydroxylation is 1. The van der Waals surface area contributed by atoms with E-state index < -0.39 is 20.9 Å². The second kappa shape index (κ2) is 6.12. The SMILES string of the molecule is C=CCS(=O)(=O)C1CCc2ccccc2N1C(C)(C)OC=O. The van der Waals surface area contributed by atoms with Crippen LogP contribution in [0.5, 0.6) is 0 Å². The first kappa shape index (κ1) is 16.5. The summed E-state index contributed by atoms with van der Waals surface area (Å²) >= 11 is 0. The molecule has 0 fully saturated rings. The van der Waals surface area contributed by atoms with Crippen LogP contribution in [-0.4, -0.2) is 31.7 Å². The summed E-state index contributed by atoms with van der Waals surface area (Å²) in [5, 5.41) is -0.740. The van der Waals surface area contributed by atoms with E-state index in [0.29, 0.717) is 19.3 Å². The second-order valence-electron chi connectivity index (χ2n) is 5.77. The van der Waals surface area contributed by atoms with Crippen molar-refractivity contribution < 1.29 is 17.9 Å². The number of hydrogen-bond donors (Lipinski definition) is 0. The van der Waals surface area contributed by atoms with Gasteiger partial charge in [0, 0.05) is 5.69 Å². The van der Waals surface area contributed by atoms with E-state index in [1.807, 2.05) is 24.3 Å². The highest BCUT2D eigenvalue weighted by Gasteiger charge is 2.43. The van der Waals surface area contributed by atoms with Crippen LogP contribution in [-0.2, 0) is 25.8 Å². The molecule has 1 aliphatic rings. The van der Waals surface area contributed by atoms with Crippen molar-refractivity contribution >= 4 is 22.0 Å². The number of fused-ring (bicyclic) bond motifs is 1. The number of carbonyl (C=O) groups excluding carboxylic acids is 1. The predicted molar refractivity (Wildman–Crippen MR) is 86.2 cm³/mol. The Labute approximate surface area is 131 Å². The summed E-state index contributed by atoms with van der Waals surface area (Å²) in [6.45, 7) is 7.27. The van der Waals surface area contributed by atoms with E-state index in [4.69, 9.17) is 4.74 Å². The average molecular weight is 323 g/mol. The summed E-state index contributed by atoms with van der Waals surface area (Å²) in [7, 11) is -3.41. The van der Waals surface area contributed by atoms with Gasteiger partial charge in [0.25, 0.3) is 6.47 Å². The van der Waals surface area contributed by atoms with Gasteiger partial charge in [-0.05, 0) is 38.3 Å². The summed E-state index contributed by atoms with van der Waals surface area (Å²) in [5.74, 6) is -0.104. The smallest absolute Gasteiger partial charge is 0.295 e. The predicted octanol–water partition coefficient (Wildman–Crippen LogP) is 2.28. The number of benzene rings is 1. The van der Waals surface area contributed by atoms with Gasteiger partial charge in [0.1, 0.15) is 5.37 Å². The highest BCUT2D eigenvalue weighted by molar-refractivity contribution is 7.92. The van der Waals surface area contributed by atoms with Crippen LogP contribution in [0.2, 0.25) is 0 Å². The van der Waals surface area contributed by atoms with E-state index in [-0.39, 0.29) is 5.75 Å². The number of rotatable bonds is 6. The minimum absolute atomic E-state index is 0.104. The van der Waals surface area contributed by atoms with Crippen LogP contribution in [0.25, 0.3) is 0 Å². The molecule has 6 heteroatoms. The zero-order valence-electron chi connectivity index (χ0n) is 12.9. The van der Waals surface area contributed by atoms with Crippen molar-refractivity contribution in [2.75, 3.05) is 10.7 Å². The Morgan fingerprint density at radius 3 is 2.73 bits per heavy atom. The van der Waals surface area contributed by atoms with Crippen LogP contribution in [0, 0.1) is 0 Å². The standard InChI is InChI=1S/C16H21NO4S/c1-4-11-22(19,20)15-10-9-13-7-5-6-8-14(13)17(15)16(2,3)21-12-18/h4-8,12,15H,1,9-11H2,2-3H3. The van der Waals surface area contributed by atoms with Gasteiger partial charge < -0.3 is 9.64 Å². The molecule has 1 aromatic rings. The van der Waals surface area contributed by atoms with Crippen molar-refractivity contribution in [1.82, 2.24) is 0 Å². The fourth-order valence-electron chi connectivity index (χ4n) is 2.95. The van der Waals surface area contributed by atoms with E-state index in [1.165, 1.54) is 6.08 Å². The maximum atomic E-state index is 12.6. The quantitative estimate of drug-likeness (QED) is 0.593. The van der Waals surface area contributed by atoms with Gasteiger partial charge >= 0.3 is 0 Å². The highest BCUT2D eigenvalue weighted by Crippen LogP contribution is 2.38. The van der Waals surface area contributed by atoms with Crippen LogP contribution in [0.4, 0.5) is 5.69 Å². The summed E-state index contributed by atoms with van der Waals surface area (Å²) < 4.78 is 30.4. The molecule has 0 N–H and O–H groups in total. The lowest BCUT2D eigenvalue weighted by Gasteiger charge is -2.46. The van der Waals surface area contributed by atoms with Crippen LogP contribution in [0.15, 0.2) is 36.9 Å². The van der Waals surface area contributed by atoms with Gasteiger partial charge in [0.2, 0.25) is 0 Å². The molecule has 0 radical (unpaired) electrons. The molecule has 0 aliphatic carbocycles. The van der Waals surface area contributed by atoms with Crippen molar-refractivity contribution in [1.29, 1.82) is 0 Å². The molecule has 0 bridgehead atoms. The molecule has 0 saturated heterocycles. The molecule has 1 aliphatic heterocycles. The van der Waals surface area contributed by atoms with Gasteiger partial charge in [-0.3, -0.25) is 4.79 Å². The van der Waals surface area contributed by atoms with Gasteiger partial charge in [-0.15, -0.1) is 6.58 Å². The Balaban J connectivity index is 2.56. The number of sulfone groups is 1. The zero-order chi connectivity index (χ0) is 16.4. The fourth-order valence-corrected chi connectivity index (χ4v) is 4.66. The number of nitrogens with zero attached hydrogens (tertiary/aromatic N) is 1. The molecule has 0 spiro atoms. The van der Waals surface area contributed by atoms with Crippen LogP contribution in [0.1, 0.15) is 25.8 Å². The van der Waals surface area contributed by atoms with Gasteiger partial charge in [0.15, 0.2) is 15.6 Å². The molecule has 120 valence electrons. The van der Waals surface area contributed by atoms with Crippen molar-refractivity contribution in [3.63, 3.8) is 0 Å². The monoisotopic (exact) mass is 323 g/mol. The molecular formula is C16H21NO4S. The minimum Gasteiger partial charge on any atom is -0.442 e. The third-order valence-electron chi connectivity index (χ3n) is 3.88. The first-order valence-electron chi connectivity index (χ1n) is 7.14. The molecule has 2 rings (SSSR count). The van der Waals surface area contributed by atoms with Gasteiger partial charge in [-0.1, -0.05) is 24.3 Å².